The normalized spacial score (nSPS) is 20.7. The minimum absolute atomic E-state index is 0.108. The number of rotatable bonds is 3. The zero-order valence-electron chi connectivity index (χ0n) is 22.0. The van der Waals surface area contributed by atoms with Crippen molar-refractivity contribution in [3.05, 3.63) is 72.2 Å². The highest BCUT2D eigenvalue weighted by atomic mass is 19.1. The molecule has 4 aromatic rings. The van der Waals surface area contributed by atoms with Gasteiger partial charge in [0, 0.05) is 54.5 Å². The van der Waals surface area contributed by atoms with Gasteiger partial charge in [0.25, 0.3) is 0 Å². The Hall–Kier alpha value is -4.36. The van der Waals surface area contributed by atoms with E-state index in [9.17, 15) is 10.1 Å². The van der Waals surface area contributed by atoms with Crippen molar-refractivity contribution in [2.75, 3.05) is 19.6 Å². The molecule has 39 heavy (non-hydrogen) atoms. The van der Waals surface area contributed by atoms with E-state index in [0.29, 0.717) is 59.6 Å². The molecule has 198 valence electrons. The summed E-state index contributed by atoms with van der Waals surface area (Å²) < 4.78 is 22.7. The second kappa shape index (κ2) is 9.13. The van der Waals surface area contributed by atoms with Crippen molar-refractivity contribution in [3.8, 4) is 23.0 Å². The molecule has 1 saturated carbocycles. The number of piperazine rings is 1. The number of hydrogen-bond donors (Lipinski definition) is 1. The number of nitrogens with zero attached hydrogens (tertiary/aromatic N) is 6. The third kappa shape index (κ3) is 4.29. The summed E-state index contributed by atoms with van der Waals surface area (Å²) >= 11 is 0. The van der Waals surface area contributed by atoms with E-state index in [-0.39, 0.29) is 17.8 Å². The lowest BCUT2D eigenvalue weighted by molar-refractivity contribution is 0.00747. The number of amides is 1. The van der Waals surface area contributed by atoms with E-state index in [2.05, 4.69) is 21.4 Å². The van der Waals surface area contributed by atoms with Gasteiger partial charge in [0.2, 0.25) is 0 Å². The van der Waals surface area contributed by atoms with Crippen LogP contribution in [0.5, 0.6) is 0 Å². The zero-order valence-corrected chi connectivity index (χ0v) is 22.0. The maximum atomic E-state index is 15.2. The molecule has 2 fully saturated rings. The fourth-order valence-corrected chi connectivity index (χ4v) is 5.57. The van der Waals surface area contributed by atoms with Crippen molar-refractivity contribution in [2.24, 2.45) is 0 Å². The second-order valence-electron chi connectivity index (χ2n) is 11.0. The number of nitriles is 1. The fraction of sp³-hybridized carbons (Fsp3) is 0.345. The van der Waals surface area contributed by atoms with Crippen LogP contribution in [-0.4, -0.2) is 61.3 Å². The first-order valence-electron chi connectivity index (χ1n) is 12.9. The molecule has 2 atom stereocenters. The van der Waals surface area contributed by atoms with Crippen LogP contribution >= 0.6 is 0 Å². The number of halogens is 1. The Bertz CT molecular complexity index is 1640. The molecule has 9 nitrogen and oxygen atoms in total. The first-order chi connectivity index (χ1) is 18.7. The Kier molecular flexibility index (Phi) is 5.84. The molecule has 6 rings (SSSR count). The molecule has 1 aliphatic carbocycles. The standard InChI is InChI=1S/C29H28FN7O2/c1-28(2,3)39-27(38)37-11-10-32-16-29(37)13-21(29)25-24-20(19-6-4-5-7-22(19)30)15-36(26(24)35-17-34-25)23-12-18(14-31)8-9-33-23/h4-9,12,15,17,21,32H,10-11,13,16H2,1-3H3. The van der Waals surface area contributed by atoms with Gasteiger partial charge in [-0.2, -0.15) is 5.26 Å². The summed E-state index contributed by atoms with van der Waals surface area (Å²) in [5.41, 5.74) is 1.66. The topological polar surface area (TPSA) is 109 Å². The first kappa shape index (κ1) is 24.9. The number of fused-ring (bicyclic) bond motifs is 1. The largest absolute Gasteiger partial charge is 0.444 e. The Labute approximate surface area is 225 Å². The third-order valence-electron chi connectivity index (χ3n) is 7.37. The molecule has 0 radical (unpaired) electrons. The van der Waals surface area contributed by atoms with Crippen molar-refractivity contribution >= 4 is 17.1 Å². The summed E-state index contributed by atoms with van der Waals surface area (Å²) in [6.45, 7) is 7.37. The molecule has 3 aromatic heterocycles. The lowest BCUT2D eigenvalue weighted by Crippen LogP contribution is -2.57. The van der Waals surface area contributed by atoms with Gasteiger partial charge in [-0.05, 0) is 45.4 Å². The van der Waals surface area contributed by atoms with Crippen molar-refractivity contribution in [1.29, 1.82) is 5.26 Å². The van der Waals surface area contributed by atoms with E-state index in [1.165, 1.54) is 12.4 Å². The van der Waals surface area contributed by atoms with Gasteiger partial charge in [0.05, 0.1) is 22.9 Å². The van der Waals surface area contributed by atoms with Gasteiger partial charge < -0.3 is 10.1 Å². The van der Waals surface area contributed by atoms with E-state index >= 15 is 4.39 Å². The minimum atomic E-state index is -0.615. The van der Waals surface area contributed by atoms with Crippen molar-refractivity contribution in [2.45, 2.75) is 44.2 Å². The lowest BCUT2D eigenvalue weighted by Gasteiger charge is -2.38. The van der Waals surface area contributed by atoms with Crippen LogP contribution < -0.4 is 5.32 Å². The number of pyridine rings is 1. The molecule has 1 amide bonds. The summed E-state index contributed by atoms with van der Waals surface area (Å²) in [5.74, 6) is 0.0138. The summed E-state index contributed by atoms with van der Waals surface area (Å²) in [7, 11) is 0. The van der Waals surface area contributed by atoms with Gasteiger partial charge >= 0.3 is 6.09 Å². The summed E-state index contributed by atoms with van der Waals surface area (Å²) in [6, 6.07) is 12.0. The number of nitrogens with one attached hydrogen (secondary N) is 1. The monoisotopic (exact) mass is 525 g/mol. The van der Waals surface area contributed by atoms with Gasteiger partial charge in [-0.25, -0.2) is 24.1 Å². The molecular weight excluding hydrogens is 497 g/mol. The molecule has 1 spiro atoms. The maximum Gasteiger partial charge on any atom is 0.410 e. The van der Waals surface area contributed by atoms with Gasteiger partial charge in [0.1, 0.15) is 29.2 Å². The van der Waals surface area contributed by atoms with Crippen LogP contribution in [0.15, 0.2) is 55.1 Å². The molecule has 1 saturated heterocycles. The van der Waals surface area contributed by atoms with E-state index in [1.54, 1.807) is 47.3 Å². The van der Waals surface area contributed by atoms with E-state index in [4.69, 9.17) is 9.72 Å². The van der Waals surface area contributed by atoms with Crippen molar-refractivity contribution in [1.82, 2.24) is 29.7 Å². The predicted molar refractivity (Wildman–Crippen MR) is 143 cm³/mol. The first-order valence-corrected chi connectivity index (χ1v) is 12.9. The number of aromatic nitrogens is 4. The Morgan fingerprint density at radius 1 is 1.21 bits per heavy atom. The van der Waals surface area contributed by atoms with Crippen LogP contribution in [0.3, 0.4) is 0 Å². The molecule has 2 aliphatic rings. The van der Waals surface area contributed by atoms with E-state index < -0.39 is 11.1 Å². The molecule has 2 unspecified atom stereocenters. The summed E-state index contributed by atoms with van der Waals surface area (Å²) in [4.78, 5) is 28.8. The lowest BCUT2D eigenvalue weighted by atomic mass is 10.00. The van der Waals surface area contributed by atoms with Gasteiger partial charge in [0.15, 0.2) is 0 Å². The fourth-order valence-electron chi connectivity index (χ4n) is 5.57. The zero-order chi connectivity index (χ0) is 27.4. The highest BCUT2D eigenvalue weighted by Crippen LogP contribution is 2.57. The molecule has 10 heteroatoms. The Balaban J connectivity index is 1.52. The van der Waals surface area contributed by atoms with Crippen LogP contribution in [0, 0.1) is 17.1 Å². The number of hydrogen-bond acceptors (Lipinski definition) is 7. The van der Waals surface area contributed by atoms with Crippen LogP contribution in [0.25, 0.3) is 28.0 Å². The number of carbonyl (C=O) groups excluding carboxylic acids is 1. The molecule has 4 heterocycles. The van der Waals surface area contributed by atoms with Crippen LogP contribution in [-0.2, 0) is 4.74 Å². The third-order valence-corrected chi connectivity index (χ3v) is 7.37. The van der Waals surface area contributed by atoms with Gasteiger partial charge in [-0.1, -0.05) is 18.2 Å². The highest BCUT2D eigenvalue weighted by molar-refractivity contribution is 5.97. The Morgan fingerprint density at radius 3 is 2.79 bits per heavy atom. The molecule has 1 N–H and O–H groups in total. The second-order valence-corrected chi connectivity index (χ2v) is 11.0. The smallest absolute Gasteiger partial charge is 0.410 e. The molecule has 1 aliphatic heterocycles. The number of ether oxygens (including phenoxy) is 1. The van der Waals surface area contributed by atoms with Crippen molar-refractivity contribution in [3.63, 3.8) is 0 Å². The van der Waals surface area contributed by atoms with E-state index in [1.807, 2.05) is 25.7 Å². The average Bonchev–Trinajstić information content (AvgIpc) is 3.47. The maximum absolute atomic E-state index is 15.2. The highest BCUT2D eigenvalue weighted by Gasteiger charge is 2.63. The summed E-state index contributed by atoms with van der Waals surface area (Å²) in [6.07, 6.45) is 5.20. The molecular formula is C29H28FN7O2. The summed E-state index contributed by atoms with van der Waals surface area (Å²) in [5, 5.41) is 13.6. The quantitative estimate of drug-likeness (QED) is 0.418. The van der Waals surface area contributed by atoms with E-state index in [0.717, 1.165) is 5.69 Å². The number of carbonyl (C=O) groups is 1. The molecule has 1 aromatic carbocycles. The number of benzene rings is 1. The van der Waals surface area contributed by atoms with Gasteiger partial charge in [-0.3, -0.25) is 9.47 Å². The predicted octanol–water partition coefficient (Wildman–Crippen LogP) is 4.56. The Morgan fingerprint density at radius 2 is 2.03 bits per heavy atom. The van der Waals surface area contributed by atoms with Crippen LogP contribution in [0.4, 0.5) is 9.18 Å². The minimum Gasteiger partial charge on any atom is -0.444 e. The van der Waals surface area contributed by atoms with Crippen LogP contribution in [0.1, 0.15) is 44.4 Å². The molecule has 0 bridgehead atoms. The SMILES string of the molecule is CC(C)(C)OC(=O)N1CCNCC12CC2c1ncnc2c1c(-c1ccccc1F)cn2-c1cc(C#N)ccn1. The average molecular weight is 526 g/mol. The van der Waals surface area contributed by atoms with Crippen LogP contribution in [0.2, 0.25) is 0 Å². The van der Waals surface area contributed by atoms with Crippen molar-refractivity contribution < 1.29 is 13.9 Å². The van der Waals surface area contributed by atoms with Gasteiger partial charge in [-0.15, -0.1) is 0 Å².